The molecule has 1 saturated heterocycles. The van der Waals surface area contributed by atoms with Gasteiger partial charge in [-0.3, -0.25) is 14.5 Å². The monoisotopic (exact) mass is 394 g/mol. The topological polar surface area (TPSA) is 58.6 Å². The van der Waals surface area contributed by atoms with Gasteiger partial charge in [0.05, 0.1) is 12.5 Å². The molecule has 2 unspecified atom stereocenters. The Balaban J connectivity index is 1.86. The van der Waals surface area contributed by atoms with Crippen LogP contribution in [0.4, 0.5) is 5.69 Å². The van der Waals surface area contributed by atoms with Gasteiger partial charge in [-0.2, -0.15) is 0 Å². The predicted molar refractivity (Wildman–Crippen MR) is 115 cm³/mol. The zero-order valence-corrected chi connectivity index (χ0v) is 17.5. The zero-order valence-electron chi connectivity index (χ0n) is 17.5. The van der Waals surface area contributed by atoms with E-state index < -0.39 is 6.04 Å². The standard InChI is InChI=1S/C24H30N2O3/c1-4-29-24(28)20-11-8-14-26(16-20)22(19-9-6-5-7-10-19)23(27)25-21-15-17(2)12-13-18(21)3/h5-7,9-10,12-13,15,20,22H,4,8,11,14,16H2,1-3H3,(H,25,27). The van der Waals surface area contributed by atoms with Gasteiger partial charge in [0.1, 0.15) is 6.04 Å². The molecule has 0 saturated carbocycles. The fourth-order valence-electron chi connectivity index (χ4n) is 3.93. The first kappa shape index (κ1) is 21.1. The van der Waals surface area contributed by atoms with Gasteiger partial charge >= 0.3 is 5.97 Å². The van der Waals surface area contributed by atoms with Gasteiger partial charge in [-0.15, -0.1) is 0 Å². The average molecular weight is 395 g/mol. The number of nitrogens with zero attached hydrogens (tertiary/aromatic N) is 1. The van der Waals surface area contributed by atoms with E-state index in [4.69, 9.17) is 4.74 Å². The van der Waals surface area contributed by atoms with Crippen LogP contribution in [0.3, 0.4) is 0 Å². The molecular formula is C24H30N2O3. The van der Waals surface area contributed by atoms with Crippen LogP contribution in [0.15, 0.2) is 48.5 Å². The Labute approximate surface area is 173 Å². The average Bonchev–Trinajstić information content (AvgIpc) is 2.72. The SMILES string of the molecule is CCOC(=O)C1CCCN(C(C(=O)Nc2cc(C)ccc2C)c2ccccc2)C1. The molecule has 5 nitrogen and oxygen atoms in total. The summed E-state index contributed by atoms with van der Waals surface area (Å²) >= 11 is 0. The van der Waals surface area contributed by atoms with Gasteiger partial charge < -0.3 is 10.1 Å². The van der Waals surface area contributed by atoms with Crippen molar-refractivity contribution in [3.05, 3.63) is 65.2 Å². The Bertz CT molecular complexity index is 850. The summed E-state index contributed by atoms with van der Waals surface area (Å²) in [6.07, 6.45) is 1.67. The molecule has 154 valence electrons. The molecule has 0 radical (unpaired) electrons. The number of hydrogen-bond donors (Lipinski definition) is 1. The number of carbonyl (C=O) groups excluding carboxylic acids is 2. The van der Waals surface area contributed by atoms with Crippen LogP contribution in [0.5, 0.6) is 0 Å². The summed E-state index contributed by atoms with van der Waals surface area (Å²) in [6.45, 7) is 7.50. The minimum absolute atomic E-state index is 0.0746. The fraction of sp³-hybridized carbons (Fsp3) is 0.417. The van der Waals surface area contributed by atoms with E-state index in [1.165, 1.54) is 0 Å². The Kier molecular flexibility index (Phi) is 7.04. The predicted octanol–water partition coefficient (Wildman–Crippen LogP) is 4.26. The minimum Gasteiger partial charge on any atom is -0.466 e. The van der Waals surface area contributed by atoms with Gasteiger partial charge in [0.2, 0.25) is 5.91 Å². The van der Waals surface area contributed by atoms with Gasteiger partial charge in [-0.05, 0) is 62.9 Å². The number of carbonyl (C=O) groups is 2. The molecule has 5 heteroatoms. The van der Waals surface area contributed by atoms with Crippen molar-refractivity contribution in [1.29, 1.82) is 0 Å². The van der Waals surface area contributed by atoms with Gasteiger partial charge in [-0.1, -0.05) is 42.5 Å². The second-order valence-corrected chi connectivity index (χ2v) is 7.71. The van der Waals surface area contributed by atoms with E-state index in [2.05, 4.69) is 10.2 Å². The van der Waals surface area contributed by atoms with Crippen molar-refractivity contribution in [3.63, 3.8) is 0 Å². The van der Waals surface area contributed by atoms with Gasteiger partial charge in [-0.25, -0.2) is 0 Å². The van der Waals surface area contributed by atoms with E-state index in [0.29, 0.717) is 13.2 Å². The number of nitrogens with one attached hydrogen (secondary N) is 1. The molecule has 0 bridgehead atoms. The Morgan fingerprint density at radius 2 is 1.93 bits per heavy atom. The van der Waals surface area contributed by atoms with Crippen LogP contribution in [-0.2, 0) is 14.3 Å². The van der Waals surface area contributed by atoms with Crippen LogP contribution < -0.4 is 5.32 Å². The minimum atomic E-state index is -0.451. The number of ether oxygens (including phenoxy) is 1. The van der Waals surface area contributed by atoms with E-state index in [-0.39, 0.29) is 17.8 Å². The van der Waals surface area contributed by atoms with E-state index >= 15 is 0 Å². The number of aryl methyl sites for hydroxylation is 2. The van der Waals surface area contributed by atoms with E-state index in [1.807, 2.05) is 69.3 Å². The van der Waals surface area contributed by atoms with Crippen LogP contribution in [0.2, 0.25) is 0 Å². The third kappa shape index (κ3) is 5.24. The lowest BCUT2D eigenvalue weighted by atomic mass is 9.94. The van der Waals surface area contributed by atoms with Crippen molar-refractivity contribution >= 4 is 17.6 Å². The lowest BCUT2D eigenvalue weighted by Crippen LogP contribution is -2.45. The molecule has 2 aromatic rings. The number of anilines is 1. The van der Waals surface area contributed by atoms with Gasteiger partial charge in [0.25, 0.3) is 0 Å². The van der Waals surface area contributed by atoms with Gasteiger partial charge in [0, 0.05) is 12.2 Å². The highest BCUT2D eigenvalue weighted by Gasteiger charge is 2.34. The van der Waals surface area contributed by atoms with E-state index in [1.54, 1.807) is 0 Å². The quantitative estimate of drug-likeness (QED) is 0.744. The molecule has 3 rings (SSSR count). The van der Waals surface area contributed by atoms with Crippen molar-refractivity contribution in [3.8, 4) is 0 Å². The Morgan fingerprint density at radius 1 is 1.17 bits per heavy atom. The van der Waals surface area contributed by atoms with Crippen molar-refractivity contribution in [2.45, 2.75) is 39.7 Å². The highest BCUT2D eigenvalue weighted by molar-refractivity contribution is 5.96. The lowest BCUT2D eigenvalue weighted by molar-refractivity contribution is -0.151. The van der Waals surface area contributed by atoms with Crippen LogP contribution in [-0.4, -0.2) is 36.5 Å². The molecule has 29 heavy (non-hydrogen) atoms. The Hall–Kier alpha value is -2.66. The number of rotatable bonds is 6. The third-order valence-corrected chi connectivity index (χ3v) is 5.45. The molecule has 1 N–H and O–H groups in total. The van der Waals surface area contributed by atoms with E-state index in [0.717, 1.165) is 41.8 Å². The molecule has 1 heterocycles. The zero-order chi connectivity index (χ0) is 20.8. The lowest BCUT2D eigenvalue weighted by Gasteiger charge is -2.37. The first-order valence-electron chi connectivity index (χ1n) is 10.3. The highest BCUT2D eigenvalue weighted by Crippen LogP contribution is 2.29. The maximum Gasteiger partial charge on any atom is 0.310 e. The molecule has 0 aromatic heterocycles. The summed E-state index contributed by atoms with van der Waals surface area (Å²) in [5, 5.41) is 3.12. The highest BCUT2D eigenvalue weighted by atomic mass is 16.5. The van der Waals surface area contributed by atoms with Crippen LogP contribution in [0.25, 0.3) is 0 Å². The summed E-state index contributed by atoms with van der Waals surface area (Å²) in [5.74, 6) is -0.434. The van der Waals surface area contributed by atoms with Crippen LogP contribution >= 0.6 is 0 Å². The summed E-state index contributed by atoms with van der Waals surface area (Å²) in [5.41, 5.74) is 3.89. The smallest absolute Gasteiger partial charge is 0.310 e. The normalized spacial score (nSPS) is 18.1. The summed E-state index contributed by atoms with van der Waals surface area (Å²) in [6, 6.07) is 15.4. The molecule has 1 aliphatic heterocycles. The second kappa shape index (κ2) is 9.70. The third-order valence-electron chi connectivity index (χ3n) is 5.45. The largest absolute Gasteiger partial charge is 0.466 e. The molecule has 0 aliphatic carbocycles. The van der Waals surface area contributed by atoms with Crippen molar-refractivity contribution in [2.24, 2.45) is 5.92 Å². The summed E-state index contributed by atoms with van der Waals surface area (Å²) in [7, 11) is 0. The van der Waals surface area contributed by atoms with Crippen molar-refractivity contribution in [2.75, 3.05) is 25.0 Å². The first-order valence-corrected chi connectivity index (χ1v) is 10.3. The molecule has 1 aliphatic rings. The fourth-order valence-corrected chi connectivity index (χ4v) is 3.93. The number of hydrogen-bond acceptors (Lipinski definition) is 4. The van der Waals surface area contributed by atoms with Gasteiger partial charge in [0.15, 0.2) is 0 Å². The van der Waals surface area contributed by atoms with Crippen molar-refractivity contribution in [1.82, 2.24) is 4.90 Å². The maximum atomic E-state index is 13.4. The Morgan fingerprint density at radius 3 is 2.66 bits per heavy atom. The first-order chi connectivity index (χ1) is 14.0. The second-order valence-electron chi connectivity index (χ2n) is 7.71. The van der Waals surface area contributed by atoms with Crippen LogP contribution in [0.1, 0.15) is 42.5 Å². The molecular weight excluding hydrogens is 364 g/mol. The molecule has 1 amide bonds. The number of benzene rings is 2. The summed E-state index contributed by atoms with van der Waals surface area (Å²) < 4.78 is 5.23. The molecule has 2 atom stereocenters. The maximum absolute atomic E-state index is 13.4. The van der Waals surface area contributed by atoms with Crippen LogP contribution in [0, 0.1) is 19.8 Å². The van der Waals surface area contributed by atoms with E-state index in [9.17, 15) is 9.59 Å². The van der Waals surface area contributed by atoms with Crippen molar-refractivity contribution < 1.29 is 14.3 Å². The number of esters is 1. The number of amides is 1. The number of likely N-dealkylation sites (tertiary alicyclic amines) is 1. The number of piperidine rings is 1. The summed E-state index contributed by atoms with van der Waals surface area (Å²) in [4.78, 5) is 27.8. The molecule has 0 spiro atoms. The molecule has 1 fully saturated rings. The molecule has 2 aromatic carbocycles.